The Hall–Kier alpha value is -3.77. The average Bonchev–Trinajstić information content (AvgIpc) is 3.05. The zero-order valence-electron chi connectivity index (χ0n) is 16.4. The molecule has 1 aliphatic carbocycles. The lowest BCUT2D eigenvalue weighted by atomic mass is 9.92. The van der Waals surface area contributed by atoms with Crippen molar-refractivity contribution in [3.05, 3.63) is 40.5 Å². The molecule has 2 fully saturated rings. The summed E-state index contributed by atoms with van der Waals surface area (Å²) in [5.41, 5.74) is -0.125. The van der Waals surface area contributed by atoms with Gasteiger partial charge in [-0.2, -0.15) is 8.42 Å². The van der Waals surface area contributed by atoms with E-state index in [0.717, 1.165) is 13.2 Å². The van der Waals surface area contributed by atoms with E-state index in [2.05, 4.69) is 9.50 Å². The van der Waals surface area contributed by atoms with Crippen LogP contribution >= 0.6 is 0 Å². The third kappa shape index (κ3) is 3.39. The topological polar surface area (TPSA) is 170 Å². The van der Waals surface area contributed by atoms with E-state index in [1.165, 1.54) is 12.1 Å². The molecule has 0 unspecified atom stereocenters. The quantitative estimate of drug-likeness (QED) is 0.189. The van der Waals surface area contributed by atoms with Crippen molar-refractivity contribution in [1.29, 1.82) is 0 Å². The van der Waals surface area contributed by atoms with Gasteiger partial charge >= 0.3 is 0 Å². The number of nitrogens with one attached hydrogen (secondary N) is 2. The number of fused-ring (bicyclic) bond motifs is 1. The smallest absolute Gasteiger partial charge is 0.293 e. The fourth-order valence-electron chi connectivity index (χ4n) is 3.90. The Morgan fingerprint density at radius 2 is 1.25 bits per heavy atom. The maximum atomic E-state index is 12.5. The number of carbonyl (C=O) groups is 6. The van der Waals surface area contributed by atoms with E-state index in [1.807, 2.05) is 5.32 Å². The highest BCUT2D eigenvalue weighted by Gasteiger charge is 2.39. The van der Waals surface area contributed by atoms with E-state index in [9.17, 15) is 37.2 Å². The van der Waals surface area contributed by atoms with Gasteiger partial charge in [0.25, 0.3) is 21.9 Å². The molecule has 0 atom stereocenters. The Kier molecular flexibility index (Phi) is 4.98. The molecule has 11 nitrogen and oxygen atoms in total. The second-order valence-electron chi connectivity index (χ2n) is 7.17. The van der Waals surface area contributed by atoms with Crippen molar-refractivity contribution in [2.24, 2.45) is 0 Å². The van der Waals surface area contributed by atoms with E-state index in [-0.39, 0.29) is 44.7 Å². The monoisotopic (exact) mass is 458 g/mol. The number of hydrogen-bond donors (Lipinski definition) is 2. The summed E-state index contributed by atoms with van der Waals surface area (Å²) < 4.78 is 28.9. The molecule has 2 N–H and O–H groups in total. The molecule has 2 aliphatic heterocycles. The number of piperidine rings is 2. The maximum absolute atomic E-state index is 12.5. The van der Waals surface area contributed by atoms with Crippen LogP contribution in [-0.4, -0.2) is 50.7 Å². The number of amides is 4. The molecular weight excluding hydrogens is 444 g/mol. The summed E-state index contributed by atoms with van der Waals surface area (Å²) in [5, 5.41) is 4.09. The van der Waals surface area contributed by atoms with Gasteiger partial charge in [-0.05, 0) is 34.4 Å². The molecule has 4 amide bonds. The average molecular weight is 458 g/mol. The summed E-state index contributed by atoms with van der Waals surface area (Å²) in [4.78, 5) is 72.6. The molecule has 2 heterocycles. The number of allylic oxidation sites excluding steroid dienone is 2. The van der Waals surface area contributed by atoms with Gasteiger partial charge in [-0.25, -0.2) is 0 Å². The third-order valence-electron chi connectivity index (χ3n) is 5.27. The highest BCUT2D eigenvalue weighted by atomic mass is 32.2. The number of benzene rings is 1. The van der Waals surface area contributed by atoms with Crippen LogP contribution in [-0.2, 0) is 43.1 Å². The van der Waals surface area contributed by atoms with Crippen LogP contribution in [0.2, 0.25) is 0 Å². The number of rotatable bonds is 2. The summed E-state index contributed by atoms with van der Waals surface area (Å²) in [6.07, 6.45) is -1.39. The van der Waals surface area contributed by atoms with Crippen molar-refractivity contribution in [2.45, 2.75) is 24.2 Å². The van der Waals surface area contributed by atoms with Crippen LogP contribution < -0.4 is 10.6 Å². The molecule has 0 radical (unpaired) electrons. The Bertz CT molecular complexity index is 1300. The van der Waals surface area contributed by atoms with Crippen LogP contribution in [0.15, 0.2) is 34.2 Å². The number of hydrogen-bond acceptors (Lipinski definition) is 9. The molecule has 0 bridgehead atoms. The molecule has 32 heavy (non-hydrogen) atoms. The minimum absolute atomic E-state index is 0.0585. The molecule has 1 aromatic carbocycles. The van der Waals surface area contributed by atoms with Crippen LogP contribution in [0.1, 0.15) is 30.4 Å². The van der Waals surface area contributed by atoms with Gasteiger partial charge in [0.2, 0.25) is 11.8 Å². The fraction of sp³-hybridized carbons (Fsp3) is 0.200. The zero-order valence-corrected chi connectivity index (χ0v) is 17.3. The van der Waals surface area contributed by atoms with Gasteiger partial charge < -0.3 is 0 Å². The third-order valence-corrected chi connectivity index (χ3v) is 6.54. The van der Waals surface area contributed by atoms with Crippen molar-refractivity contribution in [2.75, 3.05) is 7.11 Å². The Balaban J connectivity index is 2.01. The molecule has 3 aliphatic rings. The molecule has 2 saturated heterocycles. The molecule has 1 aromatic rings. The zero-order chi connectivity index (χ0) is 23.4. The van der Waals surface area contributed by atoms with Crippen LogP contribution in [0.25, 0.3) is 11.1 Å². The molecule has 4 rings (SSSR count). The number of imide groups is 2. The SMILES string of the molecule is COS(=O)(=O)c1ccc2c(c1)/C(=C1/C(=O)CC(=O)NC1=O)C/C2=C1\C(=O)CC(=O)NC1=O. The van der Waals surface area contributed by atoms with E-state index in [4.69, 9.17) is 0 Å². The van der Waals surface area contributed by atoms with Crippen molar-refractivity contribution >= 4 is 56.5 Å². The van der Waals surface area contributed by atoms with Gasteiger partial charge in [-0.1, -0.05) is 6.07 Å². The van der Waals surface area contributed by atoms with Crippen molar-refractivity contribution in [3.63, 3.8) is 0 Å². The molecule has 0 saturated carbocycles. The Morgan fingerprint density at radius 1 is 0.750 bits per heavy atom. The molecule has 12 heteroatoms. The van der Waals surface area contributed by atoms with Gasteiger partial charge in [0, 0.05) is 6.42 Å². The molecular formula is C20H14N2O9S. The second-order valence-corrected chi connectivity index (χ2v) is 8.88. The van der Waals surface area contributed by atoms with Gasteiger partial charge in [-0.15, -0.1) is 0 Å². The molecule has 0 aromatic heterocycles. The predicted molar refractivity (Wildman–Crippen MR) is 105 cm³/mol. The summed E-state index contributed by atoms with van der Waals surface area (Å²) >= 11 is 0. The first kappa shape index (κ1) is 21.5. The van der Waals surface area contributed by atoms with Crippen LogP contribution in [0.4, 0.5) is 0 Å². The maximum Gasteiger partial charge on any atom is 0.296 e. The fourth-order valence-corrected chi connectivity index (χ4v) is 4.59. The Labute approximate surface area is 180 Å². The van der Waals surface area contributed by atoms with Crippen molar-refractivity contribution in [3.8, 4) is 0 Å². The van der Waals surface area contributed by atoms with Gasteiger partial charge in [0.1, 0.15) is 0 Å². The van der Waals surface area contributed by atoms with Crippen LogP contribution in [0, 0.1) is 0 Å². The van der Waals surface area contributed by atoms with Gasteiger partial charge in [-0.3, -0.25) is 43.6 Å². The van der Waals surface area contributed by atoms with E-state index in [0.29, 0.717) is 0 Å². The summed E-state index contributed by atoms with van der Waals surface area (Å²) in [6, 6.07) is 3.68. The standard InChI is InChI=1S/C20H14N2O9S/c1-31-32(29,30)8-2-3-9-10(4-8)12(18-14(24)7-16(26)22-20(18)28)5-11(9)17-13(23)6-15(25)21-19(17)27/h2-4H,5-7H2,1H3,(H,21,25,27)(H,22,26,28)/b17-11-,18-12-. The highest BCUT2D eigenvalue weighted by Crippen LogP contribution is 2.45. The number of Topliss-reactive ketones (excluding diaryl/α,β-unsaturated/α-hetero) is 2. The van der Waals surface area contributed by atoms with Crippen molar-refractivity contribution < 1.29 is 41.4 Å². The van der Waals surface area contributed by atoms with Gasteiger partial charge in [0.05, 0.1) is 36.0 Å². The lowest BCUT2D eigenvalue weighted by Crippen LogP contribution is -2.41. The van der Waals surface area contributed by atoms with Gasteiger partial charge in [0.15, 0.2) is 11.6 Å². The Morgan fingerprint density at radius 3 is 1.72 bits per heavy atom. The van der Waals surface area contributed by atoms with Crippen LogP contribution in [0.5, 0.6) is 0 Å². The summed E-state index contributed by atoms with van der Waals surface area (Å²) in [7, 11) is -3.19. The first-order chi connectivity index (χ1) is 15.0. The minimum atomic E-state index is -4.15. The minimum Gasteiger partial charge on any atom is -0.293 e. The summed E-state index contributed by atoms with van der Waals surface area (Å²) in [6.45, 7) is 0. The molecule has 164 valence electrons. The number of carbonyl (C=O) groups excluding carboxylic acids is 6. The van der Waals surface area contributed by atoms with Crippen LogP contribution in [0.3, 0.4) is 0 Å². The lowest BCUT2D eigenvalue weighted by Gasteiger charge is -2.16. The normalized spacial score (nSPS) is 23.9. The first-order valence-corrected chi connectivity index (χ1v) is 10.6. The van der Waals surface area contributed by atoms with E-state index in [1.54, 1.807) is 0 Å². The highest BCUT2D eigenvalue weighted by molar-refractivity contribution is 7.86. The second kappa shape index (κ2) is 7.43. The largest absolute Gasteiger partial charge is 0.296 e. The number of ketones is 2. The van der Waals surface area contributed by atoms with E-state index >= 15 is 0 Å². The van der Waals surface area contributed by atoms with Crippen molar-refractivity contribution in [1.82, 2.24) is 10.6 Å². The van der Waals surface area contributed by atoms with E-state index < -0.39 is 58.2 Å². The first-order valence-electron chi connectivity index (χ1n) is 9.20. The predicted octanol–water partition coefficient (Wildman–Crippen LogP) is -0.836. The lowest BCUT2D eigenvalue weighted by molar-refractivity contribution is -0.137. The summed E-state index contributed by atoms with van der Waals surface area (Å²) in [5.74, 6) is -4.95. The molecule has 0 spiro atoms.